The Kier molecular flexibility index (Phi) is 7.63. The molecular formula is C22H22O6. The second-order valence-electron chi connectivity index (χ2n) is 6.23. The van der Waals surface area contributed by atoms with Crippen LogP contribution in [0.1, 0.15) is 40.5 Å². The summed E-state index contributed by atoms with van der Waals surface area (Å²) in [6.07, 6.45) is -0.243. The van der Waals surface area contributed by atoms with Gasteiger partial charge in [-0.1, -0.05) is 60.7 Å². The Bertz CT molecular complexity index is 829. The first-order chi connectivity index (χ1) is 13.5. The van der Waals surface area contributed by atoms with Gasteiger partial charge in [0.15, 0.2) is 11.6 Å². The van der Waals surface area contributed by atoms with E-state index >= 15 is 0 Å². The lowest BCUT2D eigenvalue weighted by Crippen LogP contribution is -2.30. The van der Waals surface area contributed by atoms with Crippen LogP contribution in [0.5, 0.6) is 0 Å². The highest BCUT2D eigenvalue weighted by Gasteiger charge is 2.33. The van der Waals surface area contributed by atoms with E-state index in [1.165, 1.54) is 12.1 Å². The lowest BCUT2D eigenvalue weighted by Gasteiger charge is -2.17. The normalized spacial score (nSPS) is 12.6. The van der Waals surface area contributed by atoms with E-state index in [2.05, 4.69) is 0 Å². The summed E-state index contributed by atoms with van der Waals surface area (Å²) in [7, 11) is 0. The van der Waals surface area contributed by atoms with Crippen LogP contribution >= 0.6 is 0 Å². The summed E-state index contributed by atoms with van der Waals surface area (Å²) in [4.78, 5) is 49.2. The molecule has 0 spiro atoms. The second-order valence-corrected chi connectivity index (χ2v) is 6.23. The van der Waals surface area contributed by atoms with E-state index in [1.807, 2.05) is 0 Å². The molecule has 2 atom stereocenters. The molecule has 0 bridgehead atoms. The molecule has 0 aliphatic rings. The number of hydrogen-bond donors (Lipinski definition) is 1. The van der Waals surface area contributed by atoms with Gasteiger partial charge < -0.3 is 9.84 Å². The summed E-state index contributed by atoms with van der Waals surface area (Å²) in [5.74, 6) is -5.51. The van der Waals surface area contributed by atoms with Crippen LogP contribution in [0.15, 0.2) is 60.7 Å². The first-order valence-corrected chi connectivity index (χ1v) is 9.03. The first kappa shape index (κ1) is 21.0. The van der Waals surface area contributed by atoms with Crippen molar-refractivity contribution >= 4 is 23.5 Å². The summed E-state index contributed by atoms with van der Waals surface area (Å²) in [5, 5.41) is 9.49. The number of Topliss-reactive ketones (excluding diaryl/α,β-unsaturated/α-hetero) is 2. The third kappa shape index (κ3) is 5.36. The van der Waals surface area contributed by atoms with Crippen LogP contribution in [0.25, 0.3) is 0 Å². The Morgan fingerprint density at radius 2 is 1.21 bits per heavy atom. The summed E-state index contributed by atoms with van der Waals surface area (Å²) in [6, 6.07) is 16.3. The van der Waals surface area contributed by atoms with E-state index in [4.69, 9.17) is 4.74 Å². The quantitative estimate of drug-likeness (QED) is 0.384. The lowest BCUT2D eigenvalue weighted by molar-refractivity contribution is -0.147. The molecule has 0 fully saturated rings. The molecule has 0 saturated carbocycles. The van der Waals surface area contributed by atoms with Crippen LogP contribution in [-0.4, -0.2) is 35.2 Å². The first-order valence-electron chi connectivity index (χ1n) is 9.03. The highest BCUT2D eigenvalue weighted by molar-refractivity contribution is 6.10. The number of carboxylic acids is 1. The fourth-order valence-electron chi connectivity index (χ4n) is 2.91. The number of benzene rings is 2. The van der Waals surface area contributed by atoms with Crippen LogP contribution in [0.2, 0.25) is 0 Å². The summed E-state index contributed by atoms with van der Waals surface area (Å²) in [5.41, 5.74) is 0.610. The number of aliphatic carboxylic acids is 1. The minimum absolute atomic E-state index is 0.0951. The Labute approximate surface area is 163 Å². The molecule has 2 unspecified atom stereocenters. The molecule has 1 N–H and O–H groups in total. The fourth-order valence-corrected chi connectivity index (χ4v) is 2.91. The number of ether oxygens (including phenoxy) is 1. The minimum atomic E-state index is -1.34. The largest absolute Gasteiger partial charge is 0.481 e. The highest BCUT2D eigenvalue weighted by Crippen LogP contribution is 2.22. The van der Waals surface area contributed by atoms with E-state index in [0.29, 0.717) is 5.56 Å². The predicted molar refractivity (Wildman–Crippen MR) is 102 cm³/mol. The Morgan fingerprint density at radius 3 is 1.64 bits per heavy atom. The third-order valence-corrected chi connectivity index (χ3v) is 4.36. The van der Waals surface area contributed by atoms with Crippen LogP contribution in [-0.2, 0) is 14.3 Å². The number of carbonyl (C=O) groups is 4. The van der Waals surface area contributed by atoms with Gasteiger partial charge in [0.25, 0.3) is 0 Å². The minimum Gasteiger partial charge on any atom is -0.481 e. The number of esters is 1. The van der Waals surface area contributed by atoms with Crippen molar-refractivity contribution in [2.75, 3.05) is 6.61 Å². The molecule has 2 aromatic rings. The van der Waals surface area contributed by atoms with E-state index < -0.39 is 35.3 Å². The average molecular weight is 382 g/mol. The van der Waals surface area contributed by atoms with Crippen LogP contribution < -0.4 is 0 Å². The molecule has 2 rings (SSSR count). The van der Waals surface area contributed by atoms with Crippen LogP contribution in [0.4, 0.5) is 0 Å². The standard InChI is InChI=1S/C22H22O6/c1-2-28-22(27)18(20(24)16-11-7-4-8-12-16)14-13-17(21(25)26)19(23)15-9-5-3-6-10-15/h3-12,17-18H,2,13-14H2,1H3,(H,25,26). The van der Waals surface area contributed by atoms with Gasteiger partial charge in [0.1, 0.15) is 11.8 Å². The maximum absolute atomic E-state index is 12.8. The van der Waals surface area contributed by atoms with E-state index in [-0.39, 0.29) is 25.0 Å². The van der Waals surface area contributed by atoms with E-state index in [0.717, 1.165) is 0 Å². The van der Waals surface area contributed by atoms with Crippen molar-refractivity contribution in [3.63, 3.8) is 0 Å². The van der Waals surface area contributed by atoms with Gasteiger partial charge in [-0.05, 0) is 19.8 Å². The molecule has 28 heavy (non-hydrogen) atoms. The average Bonchev–Trinajstić information content (AvgIpc) is 2.71. The van der Waals surface area contributed by atoms with Gasteiger partial charge >= 0.3 is 11.9 Å². The fraction of sp³-hybridized carbons (Fsp3) is 0.273. The molecule has 0 saturated heterocycles. The maximum Gasteiger partial charge on any atom is 0.316 e. The molecule has 6 nitrogen and oxygen atoms in total. The number of ketones is 2. The van der Waals surface area contributed by atoms with Gasteiger partial charge in [-0.2, -0.15) is 0 Å². The second kappa shape index (κ2) is 10.2. The van der Waals surface area contributed by atoms with Crippen molar-refractivity contribution in [1.29, 1.82) is 0 Å². The van der Waals surface area contributed by atoms with Crippen LogP contribution in [0, 0.1) is 11.8 Å². The lowest BCUT2D eigenvalue weighted by atomic mass is 9.86. The van der Waals surface area contributed by atoms with Crippen molar-refractivity contribution in [1.82, 2.24) is 0 Å². The zero-order valence-electron chi connectivity index (χ0n) is 15.5. The number of carboxylic acid groups (broad SMARTS) is 1. The number of carbonyl (C=O) groups excluding carboxylic acids is 3. The van der Waals surface area contributed by atoms with Gasteiger partial charge in [0, 0.05) is 11.1 Å². The number of rotatable bonds is 10. The molecule has 0 heterocycles. The van der Waals surface area contributed by atoms with Gasteiger partial charge in [-0.25, -0.2) is 0 Å². The van der Waals surface area contributed by atoms with E-state index in [1.54, 1.807) is 55.5 Å². The van der Waals surface area contributed by atoms with Crippen molar-refractivity contribution < 1.29 is 29.0 Å². The molecule has 6 heteroatoms. The third-order valence-electron chi connectivity index (χ3n) is 4.36. The highest BCUT2D eigenvalue weighted by atomic mass is 16.5. The predicted octanol–water partition coefficient (Wildman–Crippen LogP) is 3.41. The van der Waals surface area contributed by atoms with Gasteiger partial charge in [0.2, 0.25) is 0 Å². The summed E-state index contributed by atoms with van der Waals surface area (Å²) >= 11 is 0. The zero-order valence-corrected chi connectivity index (χ0v) is 15.5. The van der Waals surface area contributed by atoms with Gasteiger partial charge in [-0.3, -0.25) is 19.2 Å². The van der Waals surface area contributed by atoms with E-state index in [9.17, 15) is 24.3 Å². The monoisotopic (exact) mass is 382 g/mol. The molecular weight excluding hydrogens is 360 g/mol. The van der Waals surface area contributed by atoms with Crippen molar-refractivity contribution in [3.05, 3.63) is 71.8 Å². The Balaban J connectivity index is 2.20. The molecule has 0 aliphatic heterocycles. The molecule has 0 aromatic heterocycles. The molecule has 0 radical (unpaired) electrons. The van der Waals surface area contributed by atoms with Gasteiger partial charge in [0.05, 0.1) is 6.61 Å². The van der Waals surface area contributed by atoms with Crippen LogP contribution in [0.3, 0.4) is 0 Å². The smallest absolute Gasteiger partial charge is 0.316 e. The van der Waals surface area contributed by atoms with Crippen molar-refractivity contribution in [2.24, 2.45) is 11.8 Å². The molecule has 0 amide bonds. The Morgan fingerprint density at radius 1 is 0.786 bits per heavy atom. The molecule has 0 aliphatic carbocycles. The summed E-state index contributed by atoms with van der Waals surface area (Å²) in [6.45, 7) is 1.73. The molecule has 146 valence electrons. The maximum atomic E-state index is 12.8. The van der Waals surface area contributed by atoms with Crippen molar-refractivity contribution in [2.45, 2.75) is 19.8 Å². The SMILES string of the molecule is CCOC(=O)C(CCC(C(=O)O)C(=O)c1ccccc1)C(=O)c1ccccc1. The topological polar surface area (TPSA) is 97.7 Å². The zero-order chi connectivity index (χ0) is 20.5. The van der Waals surface area contributed by atoms with Gasteiger partial charge in [-0.15, -0.1) is 0 Å². The number of hydrogen-bond acceptors (Lipinski definition) is 5. The Hall–Kier alpha value is -3.28. The van der Waals surface area contributed by atoms with Crippen molar-refractivity contribution in [3.8, 4) is 0 Å². The summed E-state index contributed by atoms with van der Waals surface area (Å²) < 4.78 is 4.99. The molecule has 2 aromatic carbocycles.